The van der Waals surface area contributed by atoms with E-state index in [-0.39, 0.29) is 17.9 Å². The molecule has 0 radical (unpaired) electrons. The second kappa shape index (κ2) is 5.46. The van der Waals surface area contributed by atoms with Crippen LogP contribution >= 0.6 is 0 Å². The van der Waals surface area contributed by atoms with Crippen molar-refractivity contribution < 1.29 is 9.59 Å². The average Bonchev–Trinajstić information content (AvgIpc) is 2.42. The normalized spacial score (nSPS) is 26.2. The topological polar surface area (TPSA) is 64.7 Å². The zero-order valence-corrected chi connectivity index (χ0v) is 12.0. The first-order valence-corrected chi connectivity index (χ1v) is 6.99. The summed E-state index contributed by atoms with van der Waals surface area (Å²) in [6.45, 7) is 10.4. The summed E-state index contributed by atoms with van der Waals surface area (Å²) in [5, 5.41) is 6.08. The highest BCUT2D eigenvalue weighted by molar-refractivity contribution is 5.92. The van der Waals surface area contributed by atoms with E-state index in [0.29, 0.717) is 13.1 Å². The average molecular weight is 268 g/mol. The van der Waals surface area contributed by atoms with Crippen molar-refractivity contribution >= 4 is 11.8 Å². The number of hydrogen-bond donors (Lipinski definition) is 2. The van der Waals surface area contributed by atoms with E-state index in [9.17, 15) is 9.59 Å². The lowest BCUT2D eigenvalue weighted by Gasteiger charge is -2.44. The van der Waals surface area contributed by atoms with Crippen molar-refractivity contribution in [3.8, 4) is 0 Å². The summed E-state index contributed by atoms with van der Waals surface area (Å²) in [6.07, 6.45) is 0. The van der Waals surface area contributed by atoms with Gasteiger partial charge in [-0.05, 0) is 20.8 Å². The predicted octanol–water partition coefficient (Wildman–Crippen LogP) is -0.983. The first-order chi connectivity index (χ1) is 8.94. The molecule has 0 aromatic rings. The number of carbonyl (C=O) groups excluding carboxylic acids is 2. The van der Waals surface area contributed by atoms with Gasteiger partial charge in [-0.15, -0.1) is 0 Å². The summed E-state index contributed by atoms with van der Waals surface area (Å²) in [5.41, 5.74) is -0.548. The predicted molar refractivity (Wildman–Crippen MR) is 72.7 cm³/mol. The Labute approximate surface area is 114 Å². The van der Waals surface area contributed by atoms with Crippen LogP contribution in [0.5, 0.6) is 0 Å². The molecular weight excluding hydrogens is 244 g/mol. The molecule has 0 spiro atoms. The zero-order valence-electron chi connectivity index (χ0n) is 12.0. The molecule has 2 fully saturated rings. The Bertz CT molecular complexity index is 364. The molecule has 0 aromatic carbocycles. The summed E-state index contributed by atoms with van der Waals surface area (Å²) in [7, 11) is 0. The molecule has 2 heterocycles. The van der Waals surface area contributed by atoms with Crippen LogP contribution in [0.2, 0.25) is 0 Å². The van der Waals surface area contributed by atoms with Crippen LogP contribution in [0.25, 0.3) is 0 Å². The van der Waals surface area contributed by atoms with Gasteiger partial charge in [0.25, 0.3) is 0 Å². The molecule has 1 atom stereocenters. The van der Waals surface area contributed by atoms with Crippen LogP contribution in [0, 0.1) is 0 Å². The Hall–Kier alpha value is -1.14. The van der Waals surface area contributed by atoms with Gasteiger partial charge in [0.05, 0.1) is 5.54 Å². The monoisotopic (exact) mass is 268 g/mol. The standard InChI is InChI=1S/C13H24N4O2/c1-10-11(18)15-6-9-17(10)12(19)13(2,3)16-7-4-14-5-8-16/h10,14H,4-9H2,1-3H3,(H,15,18). The van der Waals surface area contributed by atoms with Crippen LogP contribution in [0.3, 0.4) is 0 Å². The van der Waals surface area contributed by atoms with Gasteiger partial charge >= 0.3 is 0 Å². The van der Waals surface area contributed by atoms with Crippen LogP contribution in [-0.4, -0.2) is 72.5 Å². The fraction of sp³-hybridized carbons (Fsp3) is 0.846. The third kappa shape index (κ3) is 2.74. The molecule has 0 saturated carbocycles. The minimum absolute atomic E-state index is 0.0525. The summed E-state index contributed by atoms with van der Waals surface area (Å²) in [6, 6.07) is -0.372. The van der Waals surface area contributed by atoms with E-state index in [1.54, 1.807) is 11.8 Å². The fourth-order valence-corrected chi connectivity index (χ4v) is 2.77. The van der Waals surface area contributed by atoms with Gasteiger partial charge in [0.1, 0.15) is 6.04 Å². The lowest BCUT2D eigenvalue weighted by molar-refractivity contribution is -0.151. The smallest absolute Gasteiger partial charge is 0.243 e. The number of piperazine rings is 2. The molecule has 2 saturated heterocycles. The largest absolute Gasteiger partial charge is 0.353 e. The van der Waals surface area contributed by atoms with E-state index in [2.05, 4.69) is 15.5 Å². The Morgan fingerprint density at radius 1 is 1.21 bits per heavy atom. The number of nitrogens with one attached hydrogen (secondary N) is 2. The maximum absolute atomic E-state index is 12.8. The summed E-state index contributed by atoms with van der Waals surface area (Å²) >= 11 is 0. The molecule has 19 heavy (non-hydrogen) atoms. The molecule has 2 amide bonds. The molecule has 2 aliphatic heterocycles. The van der Waals surface area contributed by atoms with Crippen LogP contribution < -0.4 is 10.6 Å². The van der Waals surface area contributed by atoms with Gasteiger partial charge in [0.2, 0.25) is 11.8 Å². The Kier molecular flexibility index (Phi) is 4.10. The van der Waals surface area contributed by atoms with E-state index >= 15 is 0 Å². The lowest BCUT2D eigenvalue weighted by atomic mass is 9.98. The molecule has 6 heteroatoms. The molecule has 0 bridgehead atoms. The van der Waals surface area contributed by atoms with Crippen LogP contribution in [-0.2, 0) is 9.59 Å². The number of nitrogens with zero attached hydrogens (tertiary/aromatic N) is 2. The molecule has 0 aliphatic carbocycles. The summed E-state index contributed by atoms with van der Waals surface area (Å²) in [5.74, 6) is -0.00698. The lowest BCUT2D eigenvalue weighted by Crippen LogP contribution is -2.65. The zero-order chi connectivity index (χ0) is 14.0. The molecule has 2 N–H and O–H groups in total. The fourth-order valence-electron chi connectivity index (χ4n) is 2.77. The van der Waals surface area contributed by atoms with E-state index in [1.165, 1.54) is 0 Å². The Balaban J connectivity index is 2.10. The molecule has 2 rings (SSSR count). The number of hydrogen-bond acceptors (Lipinski definition) is 4. The van der Waals surface area contributed by atoms with Gasteiger partial charge in [-0.1, -0.05) is 0 Å². The third-order valence-corrected chi connectivity index (χ3v) is 4.19. The molecule has 0 aromatic heterocycles. The van der Waals surface area contributed by atoms with Crippen molar-refractivity contribution in [1.29, 1.82) is 0 Å². The SMILES string of the molecule is CC1C(=O)NCCN1C(=O)C(C)(C)N1CCNCC1. The highest BCUT2D eigenvalue weighted by Gasteiger charge is 2.41. The molecule has 108 valence electrons. The second-order valence-electron chi connectivity index (χ2n) is 5.76. The minimum Gasteiger partial charge on any atom is -0.353 e. The van der Waals surface area contributed by atoms with Crippen molar-refractivity contribution in [1.82, 2.24) is 20.4 Å². The summed E-state index contributed by atoms with van der Waals surface area (Å²) in [4.78, 5) is 28.4. The van der Waals surface area contributed by atoms with Crippen molar-refractivity contribution in [3.05, 3.63) is 0 Å². The van der Waals surface area contributed by atoms with E-state index < -0.39 is 5.54 Å². The number of amides is 2. The quantitative estimate of drug-likeness (QED) is 0.675. The van der Waals surface area contributed by atoms with Crippen molar-refractivity contribution in [3.63, 3.8) is 0 Å². The maximum atomic E-state index is 12.8. The molecule has 1 unspecified atom stereocenters. The second-order valence-corrected chi connectivity index (χ2v) is 5.76. The Morgan fingerprint density at radius 3 is 2.47 bits per heavy atom. The van der Waals surface area contributed by atoms with E-state index in [1.807, 2.05) is 13.8 Å². The highest BCUT2D eigenvalue weighted by Crippen LogP contribution is 2.20. The highest BCUT2D eigenvalue weighted by atomic mass is 16.2. The molecule has 2 aliphatic rings. The number of rotatable bonds is 2. The van der Waals surface area contributed by atoms with Crippen molar-refractivity contribution in [2.45, 2.75) is 32.4 Å². The van der Waals surface area contributed by atoms with Gasteiger partial charge in [-0.2, -0.15) is 0 Å². The van der Waals surface area contributed by atoms with Gasteiger partial charge in [0.15, 0.2) is 0 Å². The van der Waals surface area contributed by atoms with Gasteiger partial charge in [-0.3, -0.25) is 14.5 Å². The van der Waals surface area contributed by atoms with Gasteiger partial charge in [0, 0.05) is 39.3 Å². The minimum atomic E-state index is -0.548. The number of carbonyl (C=O) groups is 2. The van der Waals surface area contributed by atoms with Gasteiger partial charge < -0.3 is 15.5 Å². The third-order valence-electron chi connectivity index (χ3n) is 4.19. The maximum Gasteiger partial charge on any atom is 0.243 e. The van der Waals surface area contributed by atoms with Crippen LogP contribution in [0.4, 0.5) is 0 Å². The first-order valence-electron chi connectivity index (χ1n) is 6.99. The van der Waals surface area contributed by atoms with Gasteiger partial charge in [-0.25, -0.2) is 0 Å². The first kappa shape index (κ1) is 14.3. The van der Waals surface area contributed by atoms with Crippen molar-refractivity contribution in [2.75, 3.05) is 39.3 Å². The molecular formula is C13H24N4O2. The van der Waals surface area contributed by atoms with Crippen molar-refractivity contribution in [2.24, 2.45) is 0 Å². The Morgan fingerprint density at radius 2 is 1.84 bits per heavy atom. The van der Waals surface area contributed by atoms with E-state index in [4.69, 9.17) is 0 Å². The van der Waals surface area contributed by atoms with Crippen LogP contribution in [0.1, 0.15) is 20.8 Å². The van der Waals surface area contributed by atoms with Crippen LogP contribution in [0.15, 0.2) is 0 Å². The molecule has 6 nitrogen and oxygen atoms in total. The summed E-state index contributed by atoms with van der Waals surface area (Å²) < 4.78 is 0. The van der Waals surface area contributed by atoms with E-state index in [0.717, 1.165) is 26.2 Å².